The monoisotopic (exact) mass is 266 g/mol. The first-order chi connectivity index (χ1) is 8.90. The molecule has 1 aromatic rings. The van der Waals surface area contributed by atoms with Gasteiger partial charge in [0.05, 0.1) is 29.7 Å². The Labute approximate surface area is 108 Å². The Hall–Kier alpha value is -2.62. The Morgan fingerprint density at radius 3 is 2.74 bits per heavy atom. The van der Waals surface area contributed by atoms with Gasteiger partial charge in [-0.25, -0.2) is 9.18 Å². The number of nitro benzene ring substituents is 1. The topological polar surface area (TPSA) is 81.5 Å². The summed E-state index contributed by atoms with van der Waals surface area (Å²) in [6, 6.07) is 1.14. The maximum absolute atomic E-state index is 13.6. The van der Waals surface area contributed by atoms with E-state index >= 15 is 0 Å². The predicted molar refractivity (Wildman–Crippen MR) is 66.3 cm³/mol. The molecular weight excluding hydrogens is 255 g/mol. The first-order valence-electron chi connectivity index (χ1n) is 5.19. The third kappa shape index (κ3) is 3.19. The van der Waals surface area contributed by atoms with Crippen LogP contribution in [0.3, 0.4) is 0 Å². The number of hydrogen-bond donors (Lipinski definition) is 1. The smallest absolute Gasteiger partial charge is 0.340 e. The van der Waals surface area contributed by atoms with Crippen LogP contribution in [0.15, 0.2) is 12.1 Å². The molecule has 0 aromatic heterocycles. The molecule has 1 N–H and O–H groups in total. The SMILES string of the molecule is C#CC(C)Nc1cc(C(=O)OC)c(F)cc1[N+](=O)[O-]. The minimum absolute atomic E-state index is 0.0442. The Balaban J connectivity index is 3.36. The highest BCUT2D eigenvalue weighted by atomic mass is 19.1. The summed E-state index contributed by atoms with van der Waals surface area (Å²) in [6.45, 7) is 1.59. The lowest BCUT2D eigenvalue weighted by Crippen LogP contribution is -2.15. The first kappa shape index (κ1) is 14.4. The number of rotatable bonds is 4. The van der Waals surface area contributed by atoms with Gasteiger partial charge in [-0.15, -0.1) is 6.42 Å². The summed E-state index contributed by atoms with van der Waals surface area (Å²) in [6.07, 6.45) is 5.15. The minimum Gasteiger partial charge on any atom is -0.465 e. The molecule has 0 aliphatic carbocycles. The van der Waals surface area contributed by atoms with Gasteiger partial charge in [0.1, 0.15) is 11.5 Å². The Morgan fingerprint density at radius 1 is 1.63 bits per heavy atom. The van der Waals surface area contributed by atoms with E-state index in [2.05, 4.69) is 16.0 Å². The van der Waals surface area contributed by atoms with Gasteiger partial charge in [-0.05, 0) is 13.0 Å². The number of ether oxygens (including phenoxy) is 1. The molecule has 0 saturated heterocycles. The fourth-order valence-corrected chi connectivity index (χ4v) is 1.37. The van der Waals surface area contributed by atoms with Gasteiger partial charge >= 0.3 is 5.97 Å². The van der Waals surface area contributed by atoms with Crippen molar-refractivity contribution in [2.24, 2.45) is 0 Å². The summed E-state index contributed by atoms with van der Waals surface area (Å²) in [5.74, 6) is 0.356. The molecule has 19 heavy (non-hydrogen) atoms. The normalized spacial score (nSPS) is 11.3. The summed E-state index contributed by atoms with van der Waals surface area (Å²) in [5.41, 5.74) is -0.954. The van der Waals surface area contributed by atoms with Crippen LogP contribution in [-0.2, 0) is 4.74 Å². The average molecular weight is 266 g/mol. The molecule has 0 radical (unpaired) electrons. The number of halogens is 1. The van der Waals surface area contributed by atoms with Crippen LogP contribution in [0.1, 0.15) is 17.3 Å². The number of terminal acetylenes is 1. The zero-order valence-electron chi connectivity index (χ0n) is 10.3. The second kappa shape index (κ2) is 5.82. The lowest BCUT2D eigenvalue weighted by atomic mass is 10.1. The van der Waals surface area contributed by atoms with Gasteiger partial charge < -0.3 is 10.1 Å². The van der Waals surface area contributed by atoms with Gasteiger partial charge in [-0.1, -0.05) is 5.92 Å². The van der Waals surface area contributed by atoms with Crippen LogP contribution in [0, 0.1) is 28.3 Å². The molecule has 0 bridgehead atoms. The number of anilines is 1. The third-order valence-electron chi connectivity index (χ3n) is 2.31. The van der Waals surface area contributed by atoms with Gasteiger partial charge in [0, 0.05) is 0 Å². The van der Waals surface area contributed by atoms with E-state index in [0.29, 0.717) is 6.07 Å². The molecule has 0 aliphatic rings. The van der Waals surface area contributed by atoms with Crippen molar-refractivity contribution < 1.29 is 18.8 Å². The quantitative estimate of drug-likeness (QED) is 0.390. The molecule has 0 saturated carbocycles. The molecule has 1 unspecified atom stereocenters. The molecule has 1 aromatic carbocycles. The van der Waals surface area contributed by atoms with Crippen LogP contribution in [0.4, 0.5) is 15.8 Å². The average Bonchev–Trinajstić information content (AvgIpc) is 2.38. The van der Waals surface area contributed by atoms with Crippen molar-refractivity contribution >= 4 is 17.3 Å². The van der Waals surface area contributed by atoms with Gasteiger partial charge in [-0.2, -0.15) is 0 Å². The molecule has 0 heterocycles. The van der Waals surface area contributed by atoms with Crippen molar-refractivity contribution in [2.75, 3.05) is 12.4 Å². The first-order valence-corrected chi connectivity index (χ1v) is 5.19. The van der Waals surface area contributed by atoms with E-state index in [0.717, 1.165) is 13.2 Å². The van der Waals surface area contributed by atoms with E-state index in [4.69, 9.17) is 6.42 Å². The highest BCUT2D eigenvalue weighted by molar-refractivity contribution is 5.92. The number of esters is 1. The maximum Gasteiger partial charge on any atom is 0.340 e. The van der Waals surface area contributed by atoms with Crippen LogP contribution in [0.25, 0.3) is 0 Å². The molecule has 0 aliphatic heterocycles. The van der Waals surface area contributed by atoms with E-state index in [1.54, 1.807) is 6.92 Å². The molecule has 100 valence electrons. The highest BCUT2D eigenvalue weighted by Crippen LogP contribution is 2.28. The van der Waals surface area contributed by atoms with Crippen molar-refractivity contribution in [3.63, 3.8) is 0 Å². The fourth-order valence-electron chi connectivity index (χ4n) is 1.37. The second-order valence-electron chi connectivity index (χ2n) is 3.63. The molecule has 6 nitrogen and oxygen atoms in total. The van der Waals surface area contributed by atoms with Crippen molar-refractivity contribution in [3.8, 4) is 12.3 Å². The minimum atomic E-state index is -1.03. The van der Waals surface area contributed by atoms with Gasteiger partial charge in [0.25, 0.3) is 5.69 Å². The fraction of sp³-hybridized carbons (Fsp3) is 0.250. The number of hydrogen-bond acceptors (Lipinski definition) is 5. The summed E-state index contributed by atoms with van der Waals surface area (Å²) >= 11 is 0. The molecule has 1 atom stereocenters. The van der Waals surface area contributed by atoms with Crippen LogP contribution >= 0.6 is 0 Å². The number of benzene rings is 1. The molecule has 7 heteroatoms. The molecule has 0 fully saturated rings. The number of nitro groups is 1. The molecule has 0 amide bonds. The lowest BCUT2D eigenvalue weighted by molar-refractivity contribution is -0.384. The zero-order valence-corrected chi connectivity index (χ0v) is 10.3. The summed E-state index contributed by atoms with van der Waals surface area (Å²) < 4.78 is 18.0. The van der Waals surface area contributed by atoms with Crippen molar-refractivity contribution in [1.82, 2.24) is 0 Å². The Morgan fingerprint density at radius 2 is 2.26 bits per heavy atom. The lowest BCUT2D eigenvalue weighted by Gasteiger charge is -2.11. The predicted octanol–water partition coefficient (Wildman–Crippen LogP) is 1.95. The number of carbonyl (C=O) groups is 1. The highest BCUT2D eigenvalue weighted by Gasteiger charge is 2.22. The second-order valence-corrected chi connectivity index (χ2v) is 3.63. The van der Waals surface area contributed by atoms with E-state index in [1.165, 1.54) is 0 Å². The number of carbonyl (C=O) groups excluding carboxylic acids is 1. The van der Waals surface area contributed by atoms with E-state index in [-0.39, 0.29) is 5.69 Å². The van der Waals surface area contributed by atoms with E-state index < -0.39 is 34.0 Å². The summed E-state index contributed by atoms with van der Waals surface area (Å²) in [5, 5.41) is 13.5. The largest absolute Gasteiger partial charge is 0.465 e. The number of methoxy groups -OCH3 is 1. The van der Waals surface area contributed by atoms with Crippen LogP contribution < -0.4 is 5.32 Å². The van der Waals surface area contributed by atoms with Crippen LogP contribution in [0.2, 0.25) is 0 Å². The Kier molecular flexibility index (Phi) is 4.42. The standard InChI is InChI=1S/C12H11FN2O4/c1-4-7(2)14-10-5-8(12(16)19-3)9(13)6-11(10)15(17)18/h1,5-7,14H,2-3H3. The number of nitrogens with one attached hydrogen (secondary N) is 1. The van der Waals surface area contributed by atoms with Crippen molar-refractivity contribution in [3.05, 3.63) is 33.6 Å². The van der Waals surface area contributed by atoms with E-state index in [9.17, 15) is 19.3 Å². The van der Waals surface area contributed by atoms with Crippen LogP contribution in [0.5, 0.6) is 0 Å². The van der Waals surface area contributed by atoms with Gasteiger partial charge in [-0.3, -0.25) is 10.1 Å². The van der Waals surface area contributed by atoms with Crippen molar-refractivity contribution in [1.29, 1.82) is 0 Å². The van der Waals surface area contributed by atoms with Gasteiger partial charge in [0.2, 0.25) is 0 Å². The van der Waals surface area contributed by atoms with Gasteiger partial charge in [0.15, 0.2) is 0 Å². The maximum atomic E-state index is 13.6. The van der Waals surface area contributed by atoms with Crippen LogP contribution in [-0.4, -0.2) is 24.0 Å². The third-order valence-corrected chi connectivity index (χ3v) is 2.31. The zero-order chi connectivity index (χ0) is 14.6. The molecular formula is C12H11FN2O4. The van der Waals surface area contributed by atoms with E-state index in [1.807, 2.05) is 0 Å². The molecule has 1 rings (SSSR count). The molecule has 0 spiro atoms. The van der Waals surface area contributed by atoms with Crippen molar-refractivity contribution in [2.45, 2.75) is 13.0 Å². The summed E-state index contributed by atoms with van der Waals surface area (Å²) in [4.78, 5) is 21.4. The summed E-state index contributed by atoms with van der Waals surface area (Å²) in [7, 11) is 1.08. The number of nitrogens with zero attached hydrogens (tertiary/aromatic N) is 1. The Bertz CT molecular complexity index is 566.